The van der Waals surface area contributed by atoms with Gasteiger partial charge in [-0.2, -0.15) is 5.10 Å². The summed E-state index contributed by atoms with van der Waals surface area (Å²) in [6.07, 6.45) is 0.586. The lowest BCUT2D eigenvalue weighted by atomic mass is 10.0. The van der Waals surface area contributed by atoms with E-state index in [0.717, 1.165) is 28.1 Å². The van der Waals surface area contributed by atoms with E-state index >= 15 is 0 Å². The van der Waals surface area contributed by atoms with E-state index in [4.69, 9.17) is 12.2 Å². The molecule has 0 spiro atoms. The lowest BCUT2D eigenvalue weighted by molar-refractivity contribution is -0.274. The fourth-order valence-electron chi connectivity index (χ4n) is 3.88. The van der Waals surface area contributed by atoms with Gasteiger partial charge >= 0.3 is 6.36 Å². The Hall–Kier alpha value is -4.12. The van der Waals surface area contributed by atoms with Gasteiger partial charge in [0.1, 0.15) is 5.75 Å². The summed E-state index contributed by atoms with van der Waals surface area (Å²) in [5.41, 5.74) is 8.15. The van der Waals surface area contributed by atoms with Crippen LogP contribution in [0.15, 0.2) is 71.5 Å². The Morgan fingerprint density at radius 1 is 1.07 bits per heavy atom. The van der Waals surface area contributed by atoms with Crippen LogP contribution in [0.25, 0.3) is 6.08 Å². The number of nitrogens with one attached hydrogen (secondary N) is 2. The van der Waals surface area contributed by atoms with Gasteiger partial charge in [0, 0.05) is 38.7 Å². The first-order valence-corrected chi connectivity index (χ1v) is 12.9. The number of hydrazone groups is 1. The number of rotatable bonds is 9. The monoisotopic (exact) mass is 570 g/mol. The number of allylic oxidation sites excluding steroid dienone is 1. The smallest absolute Gasteiger partial charge is 0.406 e. The molecule has 0 bridgehead atoms. The average molecular weight is 571 g/mol. The Bertz CT molecular complexity index is 1370. The van der Waals surface area contributed by atoms with Crippen LogP contribution in [0.1, 0.15) is 37.8 Å². The third kappa shape index (κ3) is 8.70. The van der Waals surface area contributed by atoms with E-state index in [2.05, 4.69) is 45.5 Å². The molecule has 0 saturated heterocycles. The highest BCUT2D eigenvalue weighted by atomic mass is 32.1. The molecule has 7 nitrogen and oxygen atoms in total. The molecule has 0 radical (unpaired) electrons. The maximum atomic E-state index is 12.5. The highest BCUT2D eigenvalue weighted by molar-refractivity contribution is 7.80. The quantitative estimate of drug-likeness (QED) is 0.159. The normalized spacial score (nSPS) is 12.0. The van der Waals surface area contributed by atoms with Gasteiger partial charge in [-0.15, -0.1) is 13.2 Å². The van der Waals surface area contributed by atoms with Crippen LogP contribution in [-0.2, 0) is 0 Å². The van der Waals surface area contributed by atoms with Crippen molar-refractivity contribution >= 4 is 52.5 Å². The summed E-state index contributed by atoms with van der Waals surface area (Å²) in [7, 11) is 5.59. The topological polar surface area (TPSA) is 65.0 Å². The van der Waals surface area contributed by atoms with Crippen molar-refractivity contribution in [2.24, 2.45) is 5.10 Å². The number of para-hydroxylation sites is 1. The molecule has 3 rings (SSSR count). The maximum absolute atomic E-state index is 12.5. The number of pyridine rings is 1. The Morgan fingerprint density at radius 3 is 2.38 bits per heavy atom. The number of anilines is 4. The largest absolute Gasteiger partial charge is 0.573 e. The molecule has 11 heteroatoms. The molecule has 0 unspecified atom stereocenters. The van der Waals surface area contributed by atoms with Crippen molar-refractivity contribution in [1.82, 2.24) is 10.4 Å². The molecule has 3 aromatic rings. The molecule has 212 valence electrons. The first-order valence-electron chi connectivity index (χ1n) is 12.5. The van der Waals surface area contributed by atoms with Crippen LogP contribution in [0.2, 0.25) is 0 Å². The number of halogens is 3. The number of alkyl halides is 3. The zero-order valence-corrected chi connectivity index (χ0v) is 24.1. The van der Waals surface area contributed by atoms with Crippen molar-refractivity contribution < 1.29 is 17.9 Å². The standard InChI is InChI=1S/C29H33F3N6OS/c1-19(2)24-9-7-8-10-25(24)35-28(40)36-34-17-20(3)15-21-16-26(37(4)5)27(33-18-21)38(6)22-11-13-23(14-12-22)39-29(30,31)32/h7-19H,1-6H3,(H2,35,36,40)/b20-15+,34-17+. The Balaban J connectivity index is 1.70. The molecule has 40 heavy (non-hydrogen) atoms. The molecule has 0 aliphatic heterocycles. The molecule has 1 heterocycles. The Labute approximate surface area is 238 Å². The number of hydrogen-bond donors (Lipinski definition) is 2. The minimum Gasteiger partial charge on any atom is -0.406 e. The second-order valence-corrected chi connectivity index (χ2v) is 9.97. The van der Waals surface area contributed by atoms with Crippen molar-refractivity contribution in [3.05, 3.63) is 77.5 Å². The molecular weight excluding hydrogens is 537 g/mol. The van der Waals surface area contributed by atoms with Gasteiger partial charge in [0.2, 0.25) is 0 Å². The summed E-state index contributed by atoms with van der Waals surface area (Å²) >= 11 is 5.39. The minimum atomic E-state index is -4.74. The highest BCUT2D eigenvalue weighted by Crippen LogP contribution is 2.33. The number of nitrogens with zero attached hydrogens (tertiary/aromatic N) is 4. The second kappa shape index (κ2) is 13.3. The van der Waals surface area contributed by atoms with Crippen LogP contribution in [0, 0.1) is 0 Å². The lowest BCUT2D eigenvalue weighted by Crippen LogP contribution is -2.24. The summed E-state index contributed by atoms with van der Waals surface area (Å²) in [6, 6.07) is 15.6. The van der Waals surface area contributed by atoms with Crippen molar-refractivity contribution in [2.75, 3.05) is 36.3 Å². The first kappa shape index (κ1) is 30.4. The molecule has 0 saturated carbocycles. The number of thiocarbonyl (C=S) groups is 1. The van der Waals surface area contributed by atoms with Crippen LogP contribution < -0.4 is 25.3 Å². The molecule has 0 fully saturated rings. The lowest BCUT2D eigenvalue weighted by Gasteiger charge is -2.25. The summed E-state index contributed by atoms with van der Waals surface area (Å²) < 4.78 is 41.4. The van der Waals surface area contributed by atoms with Gasteiger partial charge in [-0.3, -0.25) is 5.43 Å². The van der Waals surface area contributed by atoms with E-state index in [-0.39, 0.29) is 5.75 Å². The Morgan fingerprint density at radius 2 is 1.75 bits per heavy atom. The van der Waals surface area contributed by atoms with Crippen LogP contribution in [-0.4, -0.2) is 43.8 Å². The molecule has 0 amide bonds. The Kier molecular flexibility index (Phi) is 10.1. The molecule has 0 aliphatic rings. The predicted octanol–water partition coefficient (Wildman–Crippen LogP) is 7.31. The zero-order chi connectivity index (χ0) is 29.4. The fraction of sp³-hybridized carbons (Fsp3) is 0.276. The SMILES string of the molecule is CC(/C=N/NC(=S)Nc1ccccc1C(C)C)=C\c1cnc(N(C)c2ccc(OC(F)(F)F)cc2)c(N(C)C)c1. The van der Waals surface area contributed by atoms with Gasteiger partial charge in [0.25, 0.3) is 0 Å². The summed E-state index contributed by atoms with van der Waals surface area (Å²) in [4.78, 5) is 8.34. The molecule has 2 aromatic carbocycles. The zero-order valence-electron chi connectivity index (χ0n) is 23.2. The molecule has 1 aromatic heterocycles. The van der Waals surface area contributed by atoms with Crippen molar-refractivity contribution in [1.29, 1.82) is 0 Å². The van der Waals surface area contributed by atoms with Gasteiger partial charge in [0.05, 0.1) is 11.9 Å². The number of benzene rings is 2. The molecule has 0 aliphatic carbocycles. The van der Waals surface area contributed by atoms with Gasteiger partial charge < -0.3 is 19.9 Å². The summed E-state index contributed by atoms with van der Waals surface area (Å²) in [6.45, 7) is 6.16. The van der Waals surface area contributed by atoms with Crippen molar-refractivity contribution in [3.8, 4) is 5.75 Å². The third-order valence-corrected chi connectivity index (χ3v) is 5.98. The van der Waals surface area contributed by atoms with Crippen molar-refractivity contribution in [3.63, 3.8) is 0 Å². The minimum absolute atomic E-state index is 0.283. The van der Waals surface area contributed by atoms with E-state index in [1.54, 1.807) is 36.5 Å². The second-order valence-electron chi connectivity index (χ2n) is 9.56. The molecular formula is C29H33F3N6OS. The van der Waals surface area contributed by atoms with E-state index in [9.17, 15) is 13.2 Å². The van der Waals surface area contributed by atoms with E-state index in [0.29, 0.717) is 22.5 Å². The van der Waals surface area contributed by atoms with Crippen molar-refractivity contribution in [2.45, 2.75) is 33.1 Å². The van der Waals surface area contributed by atoms with Crippen LogP contribution >= 0.6 is 12.2 Å². The first-order chi connectivity index (χ1) is 18.8. The molecule has 0 atom stereocenters. The van der Waals surface area contributed by atoms with Crippen LogP contribution in [0.3, 0.4) is 0 Å². The fourth-order valence-corrected chi connectivity index (χ4v) is 4.04. The maximum Gasteiger partial charge on any atom is 0.573 e. The van der Waals surface area contributed by atoms with Gasteiger partial charge in [-0.25, -0.2) is 4.98 Å². The summed E-state index contributed by atoms with van der Waals surface area (Å²) in [5, 5.41) is 7.82. The number of ether oxygens (including phenoxy) is 1. The number of aromatic nitrogens is 1. The number of hydrogen-bond acceptors (Lipinski definition) is 6. The predicted molar refractivity (Wildman–Crippen MR) is 162 cm³/mol. The van der Waals surface area contributed by atoms with Gasteiger partial charge in [-0.05, 0) is 84.2 Å². The average Bonchev–Trinajstić information content (AvgIpc) is 2.88. The van der Waals surface area contributed by atoms with Crippen LogP contribution in [0.5, 0.6) is 5.75 Å². The third-order valence-electron chi connectivity index (χ3n) is 5.79. The summed E-state index contributed by atoms with van der Waals surface area (Å²) in [5.74, 6) is 0.706. The van der Waals surface area contributed by atoms with E-state index in [1.165, 1.54) is 12.1 Å². The highest BCUT2D eigenvalue weighted by Gasteiger charge is 2.31. The van der Waals surface area contributed by atoms with Gasteiger partial charge in [-0.1, -0.05) is 32.0 Å². The van der Waals surface area contributed by atoms with Crippen LogP contribution in [0.4, 0.5) is 36.1 Å². The van der Waals surface area contributed by atoms with Gasteiger partial charge in [0.15, 0.2) is 10.9 Å². The van der Waals surface area contributed by atoms with E-state index < -0.39 is 6.36 Å². The van der Waals surface area contributed by atoms with E-state index in [1.807, 2.05) is 56.3 Å². The molecule has 2 N–H and O–H groups in total.